The number of nitrogens with zero attached hydrogens (tertiary/aromatic N) is 4. The van der Waals surface area contributed by atoms with Crippen LogP contribution >= 0.6 is 11.3 Å². The summed E-state index contributed by atoms with van der Waals surface area (Å²) in [4.78, 5) is 26.2. The van der Waals surface area contributed by atoms with Gasteiger partial charge in [-0.2, -0.15) is 0 Å². The van der Waals surface area contributed by atoms with E-state index in [4.69, 9.17) is 9.72 Å². The first-order valence-corrected chi connectivity index (χ1v) is 11.3. The van der Waals surface area contributed by atoms with Gasteiger partial charge in [-0.1, -0.05) is 19.3 Å². The molecule has 0 aliphatic heterocycles. The molecule has 0 bridgehead atoms. The van der Waals surface area contributed by atoms with Gasteiger partial charge >= 0.3 is 0 Å². The van der Waals surface area contributed by atoms with Crippen molar-refractivity contribution >= 4 is 17.2 Å². The van der Waals surface area contributed by atoms with Gasteiger partial charge in [-0.05, 0) is 25.8 Å². The summed E-state index contributed by atoms with van der Waals surface area (Å²) in [5.41, 5.74) is 4.35. The van der Waals surface area contributed by atoms with E-state index in [1.165, 1.54) is 19.3 Å². The minimum absolute atomic E-state index is 0.0651. The Morgan fingerprint density at radius 1 is 1.27 bits per heavy atom. The summed E-state index contributed by atoms with van der Waals surface area (Å²) in [6.45, 7) is 3.03. The van der Waals surface area contributed by atoms with Crippen LogP contribution in [0.1, 0.15) is 54.2 Å². The summed E-state index contributed by atoms with van der Waals surface area (Å²) in [5.74, 6) is -0.0651. The normalized spacial score (nSPS) is 14.7. The van der Waals surface area contributed by atoms with Crippen molar-refractivity contribution in [1.82, 2.24) is 24.8 Å². The monoisotopic (exact) mass is 425 g/mol. The highest BCUT2D eigenvalue weighted by Crippen LogP contribution is 2.37. The highest BCUT2D eigenvalue weighted by Gasteiger charge is 2.26. The van der Waals surface area contributed by atoms with E-state index in [2.05, 4.69) is 19.9 Å². The summed E-state index contributed by atoms with van der Waals surface area (Å²) in [6.07, 6.45) is 11.0. The molecule has 1 aliphatic carbocycles. The predicted octanol–water partition coefficient (Wildman–Crippen LogP) is 4.26. The van der Waals surface area contributed by atoms with E-state index in [1.54, 1.807) is 37.0 Å². The van der Waals surface area contributed by atoms with Crippen LogP contribution in [0.4, 0.5) is 0 Å². The fraction of sp³-hybridized carbons (Fsp3) is 0.455. The number of thiazole rings is 1. The summed E-state index contributed by atoms with van der Waals surface area (Å²) in [5, 5.41) is 5.83. The number of nitrogens with one attached hydrogen (secondary N) is 1. The number of carbonyl (C=O) groups is 1. The first kappa shape index (κ1) is 20.7. The van der Waals surface area contributed by atoms with E-state index in [1.807, 2.05) is 18.4 Å². The van der Waals surface area contributed by atoms with Gasteiger partial charge in [0.15, 0.2) is 0 Å². The van der Waals surface area contributed by atoms with Gasteiger partial charge in [-0.15, -0.1) is 11.3 Å². The van der Waals surface area contributed by atoms with Crippen molar-refractivity contribution in [2.24, 2.45) is 0 Å². The minimum atomic E-state index is -0.0651. The molecule has 0 saturated heterocycles. The van der Waals surface area contributed by atoms with Crippen LogP contribution in [0, 0.1) is 6.92 Å². The molecule has 3 heterocycles. The fourth-order valence-corrected chi connectivity index (χ4v) is 4.91. The summed E-state index contributed by atoms with van der Waals surface area (Å²) >= 11 is 1.55. The number of hydrogen-bond donors (Lipinski definition) is 1. The standard InChI is InChI=1S/C22H27N5O2S/c1-15-17(21(28)25-10-11-29-2)12-20(27(15)16-6-4-3-5-7-16)19-14-30-22(26-19)18-13-23-8-9-24-18/h8-9,12-14,16H,3-7,10-11H2,1-2H3,(H,25,28). The van der Waals surface area contributed by atoms with Crippen LogP contribution in [0.5, 0.6) is 0 Å². The van der Waals surface area contributed by atoms with Crippen molar-refractivity contribution in [2.45, 2.75) is 45.1 Å². The Morgan fingerprint density at radius 2 is 2.10 bits per heavy atom. The Bertz CT molecular complexity index is 992. The third-order valence-electron chi connectivity index (χ3n) is 5.62. The van der Waals surface area contributed by atoms with Crippen LogP contribution in [-0.2, 0) is 4.74 Å². The molecular weight excluding hydrogens is 398 g/mol. The van der Waals surface area contributed by atoms with Gasteiger partial charge in [0.2, 0.25) is 0 Å². The molecule has 1 saturated carbocycles. The van der Waals surface area contributed by atoms with E-state index in [0.29, 0.717) is 24.8 Å². The van der Waals surface area contributed by atoms with Crippen LogP contribution in [0.2, 0.25) is 0 Å². The lowest BCUT2D eigenvalue weighted by atomic mass is 9.95. The molecule has 4 rings (SSSR count). The minimum Gasteiger partial charge on any atom is -0.383 e. The summed E-state index contributed by atoms with van der Waals surface area (Å²) in [7, 11) is 1.63. The van der Waals surface area contributed by atoms with E-state index in [9.17, 15) is 4.79 Å². The lowest BCUT2D eigenvalue weighted by Crippen LogP contribution is -2.27. The maximum absolute atomic E-state index is 12.8. The van der Waals surface area contributed by atoms with Crippen LogP contribution < -0.4 is 5.32 Å². The van der Waals surface area contributed by atoms with Crippen molar-refractivity contribution in [3.8, 4) is 22.1 Å². The number of hydrogen-bond acceptors (Lipinski definition) is 6. The maximum Gasteiger partial charge on any atom is 0.253 e. The number of aromatic nitrogens is 4. The van der Waals surface area contributed by atoms with E-state index in [-0.39, 0.29) is 5.91 Å². The highest BCUT2D eigenvalue weighted by atomic mass is 32.1. The van der Waals surface area contributed by atoms with E-state index < -0.39 is 0 Å². The van der Waals surface area contributed by atoms with Crippen molar-refractivity contribution in [1.29, 1.82) is 0 Å². The Morgan fingerprint density at radius 3 is 2.83 bits per heavy atom. The second kappa shape index (κ2) is 9.49. The van der Waals surface area contributed by atoms with E-state index in [0.717, 1.165) is 40.6 Å². The van der Waals surface area contributed by atoms with Crippen LogP contribution in [-0.4, -0.2) is 45.7 Å². The second-order valence-electron chi connectivity index (χ2n) is 7.57. The third kappa shape index (κ3) is 4.29. The zero-order valence-corrected chi connectivity index (χ0v) is 18.2. The first-order chi connectivity index (χ1) is 14.7. The van der Waals surface area contributed by atoms with Gasteiger partial charge in [0.1, 0.15) is 10.7 Å². The topological polar surface area (TPSA) is 81.9 Å². The Labute approximate surface area is 180 Å². The molecule has 8 heteroatoms. The Kier molecular flexibility index (Phi) is 6.54. The number of rotatable bonds is 7. The van der Waals surface area contributed by atoms with Crippen molar-refractivity contribution in [3.05, 3.63) is 41.3 Å². The third-order valence-corrected chi connectivity index (χ3v) is 6.48. The average Bonchev–Trinajstić information content (AvgIpc) is 3.40. The molecule has 0 atom stereocenters. The van der Waals surface area contributed by atoms with Gasteiger partial charge in [-0.25, -0.2) is 4.98 Å². The SMILES string of the molecule is COCCNC(=O)c1cc(-c2csc(-c3cnccn3)n2)n(C2CCCCC2)c1C. The molecule has 1 aliphatic rings. The number of carbonyl (C=O) groups excluding carboxylic acids is 1. The Balaban J connectivity index is 1.71. The highest BCUT2D eigenvalue weighted by molar-refractivity contribution is 7.13. The number of amides is 1. The molecule has 3 aromatic heterocycles. The van der Waals surface area contributed by atoms with Crippen molar-refractivity contribution < 1.29 is 9.53 Å². The predicted molar refractivity (Wildman–Crippen MR) is 118 cm³/mol. The maximum atomic E-state index is 12.8. The van der Waals surface area contributed by atoms with Gasteiger partial charge in [-0.3, -0.25) is 14.8 Å². The summed E-state index contributed by atoms with van der Waals surface area (Å²) in [6, 6.07) is 2.39. The Hall–Kier alpha value is -2.58. The quantitative estimate of drug-likeness (QED) is 0.572. The fourth-order valence-electron chi connectivity index (χ4n) is 4.14. The number of ether oxygens (including phenoxy) is 1. The molecule has 30 heavy (non-hydrogen) atoms. The van der Waals surface area contributed by atoms with Gasteiger partial charge in [0.05, 0.1) is 29.8 Å². The van der Waals surface area contributed by atoms with E-state index >= 15 is 0 Å². The summed E-state index contributed by atoms with van der Waals surface area (Å²) < 4.78 is 7.39. The molecule has 1 N–H and O–H groups in total. The van der Waals surface area contributed by atoms with Crippen molar-refractivity contribution in [3.63, 3.8) is 0 Å². The molecule has 1 fully saturated rings. The molecule has 0 unspecified atom stereocenters. The molecule has 3 aromatic rings. The second-order valence-corrected chi connectivity index (χ2v) is 8.43. The van der Waals surface area contributed by atoms with Gasteiger partial charge < -0.3 is 14.6 Å². The van der Waals surface area contributed by atoms with Crippen LogP contribution in [0.3, 0.4) is 0 Å². The van der Waals surface area contributed by atoms with Crippen molar-refractivity contribution in [2.75, 3.05) is 20.3 Å². The molecule has 0 radical (unpaired) electrons. The van der Waals surface area contributed by atoms with Gasteiger partial charge in [0, 0.05) is 43.2 Å². The molecular formula is C22H27N5O2S. The molecule has 0 aromatic carbocycles. The largest absolute Gasteiger partial charge is 0.383 e. The molecule has 7 nitrogen and oxygen atoms in total. The molecule has 158 valence electrons. The molecule has 1 amide bonds. The smallest absolute Gasteiger partial charge is 0.253 e. The number of methoxy groups -OCH3 is 1. The average molecular weight is 426 g/mol. The zero-order valence-electron chi connectivity index (χ0n) is 17.4. The zero-order chi connectivity index (χ0) is 20.9. The lowest BCUT2D eigenvalue weighted by molar-refractivity contribution is 0.0936. The molecule has 0 spiro atoms. The van der Waals surface area contributed by atoms with Crippen LogP contribution in [0.15, 0.2) is 30.0 Å². The lowest BCUT2D eigenvalue weighted by Gasteiger charge is -2.26. The first-order valence-electron chi connectivity index (χ1n) is 10.4. The van der Waals surface area contributed by atoms with Crippen LogP contribution in [0.25, 0.3) is 22.1 Å². The van der Waals surface area contributed by atoms with Gasteiger partial charge in [0.25, 0.3) is 5.91 Å².